The topological polar surface area (TPSA) is 78.9 Å². The lowest BCUT2D eigenvalue weighted by atomic mass is 10.1. The molecule has 0 aliphatic heterocycles. The minimum absolute atomic E-state index is 0.478. The number of thioether (sulfide) groups is 1. The van der Waals surface area contributed by atoms with Crippen LogP contribution in [0.5, 0.6) is 5.75 Å². The second kappa shape index (κ2) is 9.34. The van der Waals surface area contributed by atoms with Crippen molar-refractivity contribution in [3.8, 4) is 22.8 Å². The third kappa shape index (κ3) is 4.80. The first-order valence-electron chi connectivity index (χ1n) is 10.1. The lowest BCUT2D eigenvalue weighted by Crippen LogP contribution is -2.01. The molecule has 0 unspecified atom stereocenters. The van der Waals surface area contributed by atoms with Crippen molar-refractivity contribution in [1.82, 2.24) is 24.9 Å². The number of methoxy groups -OCH3 is 1. The van der Waals surface area contributed by atoms with Gasteiger partial charge in [-0.3, -0.25) is 4.57 Å². The van der Waals surface area contributed by atoms with Gasteiger partial charge in [0.15, 0.2) is 16.8 Å². The van der Waals surface area contributed by atoms with Crippen LogP contribution in [-0.4, -0.2) is 32.0 Å². The van der Waals surface area contributed by atoms with Crippen molar-refractivity contribution >= 4 is 11.8 Å². The quantitative estimate of drug-likeness (QED) is 0.355. The van der Waals surface area contributed by atoms with E-state index in [-0.39, 0.29) is 0 Å². The van der Waals surface area contributed by atoms with Gasteiger partial charge < -0.3 is 9.26 Å². The lowest BCUT2D eigenvalue weighted by Gasteiger charge is -2.12. The fourth-order valence-corrected chi connectivity index (χ4v) is 4.01. The highest BCUT2D eigenvalue weighted by molar-refractivity contribution is 7.98. The molecular formula is C23H25N5O2S. The molecule has 0 fully saturated rings. The van der Waals surface area contributed by atoms with Crippen LogP contribution in [0.15, 0.2) is 58.2 Å². The summed E-state index contributed by atoms with van der Waals surface area (Å²) in [6.07, 6.45) is 0.797. The van der Waals surface area contributed by atoms with Gasteiger partial charge in [0.25, 0.3) is 0 Å². The van der Waals surface area contributed by atoms with Gasteiger partial charge in [0.2, 0.25) is 5.89 Å². The van der Waals surface area contributed by atoms with Crippen molar-refractivity contribution in [2.75, 3.05) is 7.11 Å². The van der Waals surface area contributed by atoms with E-state index in [1.165, 1.54) is 17.3 Å². The van der Waals surface area contributed by atoms with Gasteiger partial charge in [0.1, 0.15) is 5.75 Å². The average molecular weight is 436 g/mol. The van der Waals surface area contributed by atoms with E-state index in [1.54, 1.807) is 7.11 Å². The molecule has 2 aromatic carbocycles. The molecule has 0 saturated heterocycles. The zero-order valence-electron chi connectivity index (χ0n) is 18.1. The van der Waals surface area contributed by atoms with Crippen LogP contribution in [0.3, 0.4) is 0 Å². The number of nitrogens with zero attached hydrogens (tertiary/aromatic N) is 5. The van der Waals surface area contributed by atoms with Crippen molar-refractivity contribution in [2.45, 2.75) is 38.1 Å². The Bertz CT molecular complexity index is 1150. The third-order valence-corrected chi connectivity index (χ3v) is 5.61. The minimum atomic E-state index is 0.478. The van der Waals surface area contributed by atoms with Gasteiger partial charge in [0, 0.05) is 12.1 Å². The number of rotatable bonds is 8. The predicted octanol–water partition coefficient (Wildman–Crippen LogP) is 5.13. The molecular weight excluding hydrogens is 410 g/mol. The molecule has 0 aliphatic carbocycles. The summed E-state index contributed by atoms with van der Waals surface area (Å²) in [6.45, 7) is 6.33. The maximum absolute atomic E-state index is 5.56. The van der Waals surface area contributed by atoms with Crippen LogP contribution in [0, 0.1) is 12.8 Å². The van der Waals surface area contributed by atoms with E-state index >= 15 is 0 Å². The smallest absolute Gasteiger partial charge is 0.237 e. The van der Waals surface area contributed by atoms with Crippen molar-refractivity contribution < 1.29 is 9.26 Å². The van der Waals surface area contributed by atoms with E-state index in [0.717, 1.165) is 40.2 Å². The second-order valence-corrected chi connectivity index (χ2v) is 8.61. The van der Waals surface area contributed by atoms with Crippen LogP contribution in [0.2, 0.25) is 0 Å². The van der Waals surface area contributed by atoms with Gasteiger partial charge in [0.05, 0.1) is 18.4 Å². The van der Waals surface area contributed by atoms with Crippen LogP contribution >= 0.6 is 11.8 Å². The number of aryl methyl sites for hydroxylation is 1. The number of aromatic nitrogens is 5. The molecule has 4 aromatic rings. The van der Waals surface area contributed by atoms with E-state index in [4.69, 9.17) is 9.26 Å². The zero-order valence-corrected chi connectivity index (χ0v) is 18.9. The fourth-order valence-electron chi connectivity index (χ4n) is 3.22. The third-order valence-electron chi connectivity index (χ3n) is 4.70. The normalized spacial score (nSPS) is 11.3. The van der Waals surface area contributed by atoms with Crippen LogP contribution in [0.1, 0.15) is 31.1 Å². The SMILES string of the molecule is COc1ccccc1-c1nnc(SCc2nc(CC(C)C)no2)n1-c1ccc(C)cc1. The maximum Gasteiger partial charge on any atom is 0.237 e. The van der Waals surface area contributed by atoms with Crippen molar-refractivity contribution in [3.63, 3.8) is 0 Å². The Kier molecular flexibility index (Phi) is 6.36. The Labute approximate surface area is 185 Å². The molecule has 2 aromatic heterocycles. The number of hydrogen-bond acceptors (Lipinski definition) is 7. The summed E-state index contributed by atoms with van der Waals surface area (Å²) in [4.78, 5) is 4.50. The molecule has 0 atom stereocenters. The molecule has 31 heavy (non-hydrogen) atoms. The maximum atomic E-state index is 5.56. The minimum Gasteiger partial charge on any atom is -0.496 e. The molecule has 4 rings (SSSR count). The highest BCUT2D eigenvalue weighted by Gasteiger charge is 2.20. The first-order chi connectivity index (χ1) is 15.0. The first-order valence-corrected chi connectivity index (χ1v) is 11.1. The molecule has 0 saturated carbocycles. The Morgan fingerprint density at radius 3 is 2.58 bits per heavy atom. The van der Waals surface area contributed by atoms with Crippen LogP contribution in [0.4, 0.5) is 0 Å². The van der Waals surface area contributed by atoms with Gasteiger partial charge >= 0.3 is 0 Å². The van der Waals surface area contributed by atoms with E-state index < -0.39 is 0 Å². The molecule has 7 nitrogen and oxygen atoms in total. The predicted molar refractivity (Wildman–Crippen MR) is 120 cm³/mol. The molecule has 0 bridgehead atoms. The van der Waals surface area contributed by atoms with E-state index in [1.807, 2.05) is 28.8 Å². The molecule has 0 aliphatic rings. The van der Waals surface area contributed by atoms with Crippen LogP contribution in [0.25, 0.3) is 17.1 Å². The molecule has 0 radical (unpaired) electrons. The van der Waals surface area contributed by atoms with Crippen LogP contribution in [-0.2, 0) is 12.2 Å². The molecule has 0 spiro atoms. The van der Waals surface area contributed by atoms with E-state index in [0.29, 0.717) is 17.6 Å². The fraction of sp³-hybridized carbons (Fsp3) is 0.304. The van der Waals surface area contributed by atoms with E-state index in [9.17, 15) is 0 Å². The monoisotopic (exact) mass is 435 g/mol. The second-order valence-electron chi connectivity index (χ2n) is 7.67. The highest BCUT2D eigenvalue weighted by atomic mass is 32.2. The largest absolute Gasteiger partial charge is 0.496 e. The molecule has 0 N–H and O–H groups in total. The Balaban J connectivity index is 1.68. The number of para-hydroxylation sites is 1. The molecule has 0 amide bonds. The van der Waals surface area contributed by atoms with Gasteiger partial charge in [-0.05, 0) is 37.1 Å². The van der Waals surface area contributed by atoms with Crippen LogP contribution < -0.4 is 4.74 Å². The van der Waals surface area contributed by atoms with Crippen molar-refractivity contribution in [3.05, 3.63) is 65.8 Å². The summed E-state index contributed by atoms with van der Waals surface area (Å²) >= 11 is 1.51. The van der Waals surface area contributed by atoms with E-state index in [2.05, 4.69) is 65.4 Å². The molecule has 2 heterocycles. The summed E-state index contributed by atoms with van der Waals surface area (Å²) < 4.78 is 13.0. The Hall–Kier alpha value is -3.13. The summed E-state index contributed by atoms with van der Waals surface area (Å²) in [6, 6.07) is 16.1. The summed E-state index contributed by atoms with van der Waals surface area (Å²) in [5, 5.41) is 13.8. The summed E-state index contributed by atoms with van der Waals surface area (Å²) in [7, 11) is 1.66. The van der Waals surface area contributed by atoms with Gasteiger partial charge in [-0.2, -0.15) is 4.98 Å². The van der Waals surface area contributed by atoms with Gasteiger partial charge in [-0.1, -0.05) is 60.6 Å². The Morgan fingerprint density at radius 2 is 1.84 bits per heavy atom. The number of benzene rings is 2. The standard InChI is InChI=1S/C23H25N5O2S/c1-15(2)13-20-24-21(30-27-20)14-31-23-26-25-22(18-7-5-6-8-19(18)29-4)28(23)17-11-9-16(3)10-12-17/h5-12,15H,13-14H2,1-4H3. The summed E-state index contributed by atoms with van der Waals surface area (Å²) in [5.41, 5.74) is 3.04. The van der Waals surface area contributed by atoms with Crippen molar-refractivity contribution in [1.29, 1.82) is 0 Å². The average Bonchev–Trinajstić information content (AvgIpc) is 3.39. The lowest BCUT2D eigenvalue weighted by molar-refractivity contribution is 0.382. The van der Waals surface area contributed by atoms with Gasteiger partial charge in [-0.15, -0.1) is 10.2 Å². The van der Waals surface area contributed by atoms with Gasteiger partial charge in [-0.25, -0.2) is 0 Å². The summed E-state index contributed by atoms with van der Waals surface area (Å²) in [5.74, 6) is 3.77. The highest BCUT2D eigenvalue weighted by Crippen LogP contribution is 2.34. The number of ether oxygens (including phenoxy) is 1. The zero-order chi connectivity index (χ0) is 21.8. The van der Waals surface area contributed by atoms with Crippen molar-refractivity contribution in [2.24, 2.45) is 5.92 Å². The Morgan fingerprint density at radius 1 is 1.06 bits per heavy atom. The number of hydrogen-bond donors (Lipinski definition) is 0. The molecule has 160 valence electrons. The first kappa shape index (κ1) is 21.1. The molecule has 8 heteroatoms.